The number of hydrogen-bond donors (Lipinski definition) is 3. The number of hydrogen-bond acceptors (Lipinski definition) is 7. The molecular weight excluding hydrogens is 454 g/mol. The Bertz CT molecular complexity index is 1250. The lowest BCUT2D eigenvalue weighted by atomic mass is 9.96. The van der Waals surface area contributed by atoms with Gasteiger partial charge in [0.25, 0.3) is 0 Å². The number of anilines is 2. The van der Waals surface area contributed by atoms with Crippen LogP contribution in [0.3, 0.4) is 0 Å². The standard InChI is InChI=1S/C24H31N5O4S/c1-32-21-15-18(17-6-5-9-20(14-17)29-12-10-25-11-13-29)16-22-23(21)24(26-33-22)28-34(30,31)27-19-7-3-2-4-8-19/h5-6,9,14-16,19,25,27H,2-4,7-8,10-13H2,1H3,(H,26,28). The van der Waals surface area contributed by atoms with Gasteiger partial charge in [-0.3, -0.25) is 4.72 Å². The van der Waals surface area contributed by atoms with Crippen LogP contribution in [0.1, 0.15) is 32.1 Å². The molecule has 1 aliphatic heterocycles. The summed E-state index contributed by atoms with van der Waals surface area (Å²) < 4.78 is 41.9. The van der Waals surface area contributed by atoms with Gasteiger partial charge in [-0.25, -0.2) is 0 Å². The molecule has 2 aliphatic rings. The fourth-order valence-electron chi connectivity index (χ4n) is 4.83. The van der Waals surface area contributed by atoms with Crippen molar-refractivity contribution in [3.05, 3.63) is 36.4 Å². The lowest BCUT2D eigenvalue weighted by Crippen LogP contribution is -2.43. The summed E-state index contributed by atoms with van der Waals surface area (Å²) in [4.78, 5) is 2.36. The Labute approximate surface area is 200 Å². The second-order valence-electron chi connectivity index (χ2n) is 8.93. The van der Waals surface area contributed by atoms with Crippen LogP contribution in [0.25, 0.3) is 22.1 Å². The number of nitrogens with zero attached hydrogens (tertiary/aromatic N) is 2. The lowest BCUT2D eigenvalue weighted by Gasteiger charge is -2.29. The van der Waals surface area contributed by atoms with Gasteiger partial charge in [-0.1, -0.05) is 36.6 Å². The molecule has 2 heterocycles. The number of rotatable bonds is 7. The monoisotopic (exact) mass is 485 g/mol. The molecule has 1 saturated heterocycles. The van der Waals surface area contributed by atoms with Crippen LogP contribution in [0.2, 0.25) is 0 Å². The van der Waals surface area contributed by atoms with Gasteiger partial charge in [0, 0.05) is 37.9 Å². The van der Waals surface area contributed by atoms with E-state index in [2.05, 4.69) is 37.0 Å². The van der Waals surface area contributed by atoms with Crippen LogP contribution >= 0.6 is 0 Å². The van der Waals surface area contributed by atoms with Crippen molar-refractivity contribution >= 4 is 32.7 Å². The zero-order valence-corrected chi connectivity index (χ0v) is 20.2. The maximum Gasteiger partial charge on any atom is 0.300 e. The first kappa shape index (κ1) is 22.9. The smallest absolute Gasteiger partial charge is 0.300 e. The number of aromatic nitrogens is 1. The highest BCUT2D eigenvalue weighted by atomic mass is 32.2. The molecule has 0 amide bonds. The van der Waals surface area contributed by atoms with Crippen molar-refractivity contribution < 1.29 is 17.7 Å². The van der Waals surface area contributed by atoms with Crippen molar-refractivity contribution in [1.29, 1.82) is 0 Å². The van der Waals surface area contributed by atoms with Crippen molar-refractivity contribution in [3.8, 4) is 16.9 Å². The number of methoxy groups -OCH3 is 1. The summed E-state index contributed by atoms with van der Waals surface area (Å²) >= 11 is 0. The van der Waals surface area contributed by atoms with Gasteiger partial charge in [0.1, 0.15) is 11.1 Å². The van der Waals surface area contributed by atoms with Crippen LogP contribution in [0.15, 0.2) is 40.9 Å². The van der Waals surface area contributed by atoms with Crippen molar-refractivity contribution in [3.63, 3.8) is 0 Å². The highest BCUT2D eigenvalue weighted by molar-refractivity contribution is 7.90. The minimum absolute atomic E-state index is 0.0547. The highest BCUT2D eigenvalue weighted by Gasteiger charge is 2.24. The predicted molar refractivity (Wildman–Crippen MR) is 134 cm³/mol. The maximum absolute atomic E-state index is 12.7. The topological polar surface area (TPSA) is 109 Å². The highest BCUT2D eigenvalue weighted by Crippen LogP contribution is 2.38. The van der Waals surface area contributed by atoms with Crippen molar-refractivity contribution in [2.24, 2.45) is 0 Å². The van der Waals surface area contributed by atoms with Gasteiger partial charge in [-0.05, 0) is 48.2 Å². The van der Waals surface area contributed by atoms with Crippen LogP contribution in [0, 0.1) is 0 Å². The van der Waals surface area contributed by atoms with E-state index >= 15 is 0 Å². The molecule has 3 N–H and O–H groups in total. The molecule has 1 aliphatic carbocycles. The Morgan fingerprint density at radius 3 is 2.65 bits per heavy atom. The van der Waals surface area contributed by atoms with Crippen LogP contribution in [0.4, 0.5) is 11.5 Å². The molecule has 2 fully saturated rings. The molecule has 0 radical (unpaired) electrons. The summed E-state index contributed by atoms with van der Waals surface area (Å²) in [5.41, 5.74) is 3.55. The molecule has 3 aromatic rings. The molecule has 10 heteroatoms. The van der Waals surface area contributed by atoms with E-state index in [0.29, 0.717) is 16.7 Å². The Hall–Kier alpha value is -2.82. The fraction of sp³-hybridized carbons (Fsp3) is 0.458. The number of ether oxygens (including phenoxy) is 1. The average molecular weight is 486 g/mol. The minimum Gasteiger partial charge on any atom is -0.496 e. The molecule has 5 rings (SSSR count). The molecule has 0 unspecified atom stereocenters. The largest absolute Gasteiger partial charge is 0.496 e. The summed E-state index contributed by atoms with van der Waals surface area (Å²) in [7, 11) is -2.23. The van der Waals surface area contributed by atoms with Crippen LogP contribution in [0.5, 0.6) is 5.75 Å². The van der Waals surface area contributed by atoms with Gasteiger partial charge in [0.2, 0.25) is 0 Å². The molecule has 34 heavy (non-hydrogen) atoms. The van der Waals surface area contributed by atoms with E-state index in [1.807, 2.05) is 24.3 Å². The van der Waals surface area contributed by atoms with Crippen LogP contribution < -0.4 is 24.4 Å². The average Bonchev–Trinajstić information content (AvgIpc) is 3.26. The van der Waals surface area contributed by atoms with E-state index in [0.717, 1.165) is 75.1 Å². The van der Waals surface area contributed by atoms with Gasteiger partial charge in [0.15, 0.2) is 11.4 Å². The van der Waals surface area contributed by atoms with Gasteiger partial charge in [-0.2, -0.15) is 13.1 Å². The summed E-state index contributed by atoms with van der Waals surface area (Å²) in [5.74, 6) is 0.618. The van der Waals surface area contributed by atoms with Gasteiger partial charge in [0.05, 0.1) is 7.11 Å². The van der Waals surface area contributed by atoms with Crippen molar-refractivity contribution in [2.75, 3.05) is 42.9 Å². The Balaban J connectivity index is 1.43. The first-order valence-corrected chi connectivity index (χ1v) is 13.3. The van der Waals surface area contributed by atoms with E-state index in [1.54, 1.807) is 7.11 Å². The fourth-order valence-corrected chi connectivity index (χ4v) is 5.96. The van der Waals surface area contributed by atoms with Crippen LogP contribution in [-0.4, -0.2) is 52.9 Å². The molecule has 1 saturated carbocycles. The quantitative estimate of drug-likeness (QED) is 0.470. The van der Waals surface area contributed by atoms with Gasteiger partial charge in [-0.15, -0.1) is 0 Å². The molecule has 0 atom stereocenters. The molecule has 0 spiro atoms. The first-order chi connectivity index (χ1) is 16.5. The zero-order chi connectivity index (χ0) is 23.5. The maximum atomic E-state index is 12.7. The summed E-state index contributed by atoms with van der Waals surface area (Å²) in [6.07, 6.45) is 4.91. The Morgan fingerprint density at radius 2 is 1.88 bits per heavy atom. The third-order valence-corrected chi connectivity index (χ3v) is 7.68. The molecule has 182 valence electrons. The second-order valence-corrected chi connectivity index (χ2v) is 10.4. The second kappa shape index (κ2) is 9.81. The SMILES string of the molecule is COc1cc(-c2cccc(N3CCNCC3)c2)cc2onc(NS(=O)(=O)NC3CCCCC3)c12. The van der Waals surface area contributed by atoms with E-state index in [1.165, 1.54) is 0 Å². The number of fused-ring (bicyclic) bond motifs is 1. The first-order valence-electron chi connectivity index (χ1n) is 11.9. The summed E-state index contributed by atoms with van der Waals surface area (Å²) in [6, 6.07) is 12.1. The third-order valence-electron chi connectivity index (χ3n) is 6.58. The third kappa shape index (κ3) is 4.98. The van der Waals surface area contributed by atoms with E-state index < -0.39 is 10.2 Å². The van der Waals surface area contributed by atoms with Gasteiger partial charge >= 0.3 is 10.2 Å². The lowest BCUT2D eigenvalue weighted by molar-refractivity contribution is 0.412. The number of benzene rings is 2. The van der Waals surface area contributed by atoms with E-state index in [-0.39, 0.29) is 11.9 Å². The molecular formula is C24H31N5O4S. The molecule has 0 bridgehead atoms. The summed E-state index contributed by atoms with van der Waals surface area (Å²) in [5, 5.41) is 7.88. The summed E-state index contributed by atoms with van der Waals surface area (Å²) in [6.45, 7) is 3.87. The molecule has 1 aromatic heterocycles. The number of piperazine rings is 1. The van der Waals surface area contributed by atoms with Crippen molar-refractivity contribution in [1.82, 2.24) is 15.2 Å². The zero-order valence-electron chi connectivity index (χ0n) is 19.3. The molecule has 2 aromatic carbocycles. The van der Waals surface area contributed by atoms with Crippen LogP contribution in [-0.2, 0) is 10.2 Å². The van der Waals surface area contributed by atoms with E-state index in [9.17, 15) is 8.42 Å². The molecule has 9 nitrogen and oxygen atoms in total. The minimum atomic E-state index is -3.79. The predicted octanol–water partition coefficient (Wildman–Crippen LogP) is 3.49. The van der Waals surface area contributed by atoms with Crippen molar-refractivity contribution in [2.45, 2.75) is 38.1 Å². The Morgan fingerprint density at radius 1 is 1.09 bits per heavy atom. The number of nitrogens with one attached hydrogen (secondary N) is 3. The van der Waals surface area contributed by atoms with E-state index in [4.69, 9.17) is 9.26 Å². The van der Waals surface area contributed by atoms with Gasteiger partial charge < -0.3 is 19.5 Å². The Kier molecular flexibility index (Phi) is 6.62. The normalized spacial score (nSPS) is 17.7.